The molecule has 1 aromatic carbocycles. The van der Waals surface area contributed by atoms with Gasteiger partial charge in [-0.25, -0.2) is 28.5 Å². The number of alkyl halides is 5. The van der Waals surface area contributed by atoms with Gasteiger partial charge in [0.05, 0.1) is 5.52 Å². The molecular weight excluding hydrogens is 623 g/mol. The van der Waals surface area contributed by atoms with E-state index in [9.17, 15) is 31.5 Å². The van der Waals surface area contributed by atoms with Crippen LogP contribution in [0.5, 0.6) is 0 Å². The Labute approximate surface area is 269 Å². The molecule has 0 aliphatic carbocycles. The van der Waals surface area contributed by atoms with Crippen LogP contribution in [0.1, 0.15) is 87.1 Å². The van der Waals surface area contributed by atoms with Gasteiger partial charge >= 0.3 is 12.3 Å². The molecular formula is C33H39F5N6O3. The van der Waals surface area contributed by atoms with E-state index in [4.69, 9.17) is 9.72 Å². The highest BCUT2D eigenvalue weighted by Crippen LogP contribution is 2.35. The van der Waals surface area contributed by atoms with Crippen LogP contribution in [0, 0.1) is 0 Å². The van der Waals surface area contributed by atoms with Crippen LogP contribution in [0.4, 0.5) is 32.6 Å². The van der Waals surface area contributed by atoms with Crippen molar-refractivity contribution < 1.29 is 36.3 Å². The zero-order chi connectivity index (χ0) is 34.0. The topological polar surface area (TPSA) is 101 Å². The highest BCUT2D eigenvalue weighted by Gasteiger charge is 2.38. The minimum atomic E-state index is -4.71. The number of hydrogen-bond acceptors (Lipinski definition) is 8. The molecule has 4 heterocycles. The molecule has 2 aliphatic rings. The van der Waals surface area contributed by atoms with Gasteiger partial charge in [-0.15, -0.1) is 0 Å². The van der Waals surface area contributed by atoms with Crippen LogP contribution < -0.4 is 10.2 Å². The van der Waals surface area contributed by atoms with Crippen molar-refractivity contribution in [1.29, 1.82) is 0 Å². The highest BCUT2D eigenvalue weighted by atomic mass is 19.4. The van der Waals surface area contributed by atoms with Gasteiger partial charge in [0, 0.05) is 86.4 Å². The minimum Gasteiger partial charge on any atom is -0.444 e. The Balaban J connectivity index is 1.26. The van der Waals surface area contributed by atoms with Crippen molar-refractivity contribution in [3.63, 3.8) is 0 Å². The monoisotopic (exact) mass is 662 g/mol. The fraction of sp³-hybridized carbons (Fsp3) is 0.545. The molecule has 1 amide bonds. The Morgan fingerprint density at radius 2 is 1.66 bits per heavy atom. The van der Waals surface area contributed by atoms with E-state index >= 15 is 0 Å². The molecule has 0 spiro atoms. The fourth-order valence-corrected chi connectivity index (χ4v) is 6.07. The van der Waals surface area contributed by atoms with E-state index in [1.165, 1.54) is 0 Å². The van der Waals surface area contributed by atoms with Crippen LogP contribution in [0.15, 0.2) is 42.7 Å². The lowest BCUT2D eigenvalue weighted by atomic mass is 9.94. The Hall–Kier alpha value is -3.94. The summed E-state index contributed by atoms with van der Waals surface area (Å²) in [5.41, 5.74) is 0.851. The van der Waals surface area contributed by atoms with Crippen LogP contribution in [-0.4, -0.2) is 75.5 Å². The van der Waals surface area contributed by atoms with Gasteiger partial charge in [-0.05, 0) is 58.2 Å². The molecule has 2 saturated heterocycles. The summed E-state index contributed by atoms with van der Waals surface area (Å²) in [5, 5.41) is 3.59. The molecule has 9 nitrogen and oxygen atoms in total. The molecule has 1 N–H and O–H groups in total. The third-order valence-corrected chi connectivity index (χ3v) is 8.48. The van der Waals surface area contributed by atoms with Crippen LogP contribution in [-0.2, 0) is 10.9 Å². The second kappa shape index (κ2) is 13.7. The second-order valence-electron chi connectivity index (χ2n) is 13.2. The number of amides is 1. The summed E-state index contributed by atoms with van der Waals surface area (Å²) in [5.74, 6) is -3.54. The molecule has 5 rings (SSSR count). The number of carbonyl (C=O) groups excluding carboxylic acids is 2. The Morgan fingerprint density at radius 1 is 1.00 bits per heavy atom. The molecule has 254 valence electrons. The highest BCUT2D eigenvalue weighted by molar-refractivity contribution is 6.07. The predicted octanol–water partition coefficient (Wildman–Crippen LogP) is 6.97. The van der Waals surface area contributed by atoms with Crippen molar-refractivity contribution in [2.45, 2.75) is 89.1 Å². The number of ketones is 1. The average Bonchev–Trinajstić information content (AvgIpc) is 3.00. The summed E-state index contributed by atoms with van der Waals surface area (Å²) in [7, 11) is 0. The number of anilines is 1. The lowest BCUT2D eigenvalue weighted by molar-refractivity contribution is -0.145. The van der Waals surface area contributed by atoms with E-state index in [1.54, 1.807) is 17.0 Å². The molecule has 0 saturated carbocycles. The number of ether oxygens (including phenoxy) is 1. The van der Waals surface area contributed by atoms with Gasteiger partial charge in [0.1, 0.15) is 11.4 Å². The number of pyridine rings is 1. The van der Waals surface area contributed by atoms with E-state index in [0.29, 0.717) is 35.1 Å². The zero-order valence-electron chi connectivity index (χ0n) is 26.6. The van der Waals surface area contributed by atoms with Crippen LogP contribution in [0.2, 0.25) is 0 Å². The normalized spacial score (nSPS) is 18.6. The van der Waals surface area contributed by atoms with Crippen molar-refractivity contribution in [1.82, 2.24) is 25.2 Å². The quantitative estimate of drug-likeness (QED) is 0.204. The Kier molecular flexibility index (Phi) is 9.99. The summed E-state index contributed by atoms with van der Waals surface area (Å²) in [4.78, 5) is 41.3. The maximum Gasteiger partial charge on any atom is 0.451 e. The van der Waals surface area contributed by atoms with Gasteiger partial charge < -0.3 is 15.0 Å². The number of benzene rings is 1. The number of aromatic nitrogens is 3. The van der Waals surface area contributed by atoms with E-state index in [-0.39, 0.29) is 50.6 Å². The Morgan fingerprint density at radius 3 is 2.28 bits per heavy atom. The first-order chi connectivity index (χ1) is 22.1. The van der Waals surface area contributed by atoms with Crippen LogP contribution in [0.25, 0.3) is 10.9 Å². The van der Waals surface area contributed by atoms with Gasteiger partial charge in [0.25, 0.3) is 5.92 Å². The first-order valence-corrected chi connectivity index (χ1v) is 15.8. The summed E-state index contributed by atoms with van der Waals surface area (Å²) in [6.07, 6.45) is -2.13. The molecule has 0 radical (unpaired) electrons. The maximum absolute atomic E-state index is 13.9. The third kappa shape index (κ3) is 8.91. The third-order valence-electron chi connectivity index (χ3n) is 8.48. The van der Waals surface area contributed by atoms with Gasteiger partial charge in [0.2, 0.25) is 5.82 Å². The first kappa shape index (κ1) is 34.4. The standard InChI is InChI=1S/C33H39F5N6O3/c1-31(2,3)47-30(46)41-22-11-15-44(16-12-22)28-10-7-23-24(5-4-6-25(23)42-28)27(45)9-8-26(43-17-13-32(34,35)14-18-43)21-19-39-29(40-20-21)33(36,37)38/h4-7,10,19-20,22,26H,8-9,11-18H2,1-3H3,(H,41,46). The summed E-state index contributed by atoms with van der Waals surface area (Å²) >= 11 is 0. The molecule has 3 aromatic rings. The van der Waals surface area contributed by atoms with Crippen molar-refractivity contribution >= 4 is 28.6 Å². The van der Waals surface area contributed by atoms with E-state index in [0.717, 1.165) is 31.1 Å². The van der Waals surface area contributed by atoms with Crippen molar-refractivity contribution in [2.75, 3.05) is 31.1 Å². The SMILES string of the molecule is CC(C)(C)OC(=O)NC1CCN(c2ccc3c(C(=O)CCC(c4cnc(C(F)(F)F)nc4)N4CCC(F)(F)CC4)cccc3n2)CC1. The smallest absolute Gasteiger partial charge is 0.444 e. The molecule has 1 unspecified atom stereocenters. The van der Waals surface area contributed by atoms with Crippen molar-refractivity contribution in [3.8, 4) is 0 Å². The second-order valence-corrected chi connectivity index (χ2v) is 13.2. The molecule has 2 fully saturated rings. The molecule has 14 heteroatoms. The van der Waals surface area contributed by atoms with Crippen molar-refractivity contribution in [2.24, 2.45) is 0 Å². The lowest BCUT2D eigenvalue weighted by Crippen LogP contribution is -2.46. The minimum absolute atomic E-state index is 0.00910. The van der Waals surface area contributed by atoms with Gasteiger partial charge in [-0.3, -0.25) is 9.69 Å². The number of hydrogen-bond donors (Lipinski definition) is 1. The maximum atomic E-state index is 13.9. The molecule has 2 aromatic heterocycles. The number of rotatable bonds is 8. The van der Waals surface area contributed by atoms with Crippen LogP contribution in [0.3, 0.4) is 0 Å². The fourth-order valence-electron chi connectivity index (χ4n) is 6.07. The molecule has 1 atom stereocenters. The summed E-state index contributed by atoms with van der Waals surface area (Å²) < 4.78 is 72.4. The largest absolute Gasteiger partial charge is 0.451 e. The van der Waals surface area contributed by atoms with E-state index < -0.39 is 35.7 Å². The number of alkyl carbamates (subject to hydrolysis) is 1. The number of fused-ring (bicyclic) bond motifs is 1. The number of halogens is 5. The molecule has 0 bridgehead atoms. The van der Waals surface area contributed by atoms with Gasteiger partial charge in [-0.1, -0.05) is 12.1 Å². The van der Waals surface area contributed by atoms with E-state index in [2.05, 4.69) is 20.2 Å². The average molecular weight is 663 g/mol. The molecule has 47 heavy (non-hydrogen) atoms. The first-order valence-electron chi connectivity index (χ1n) is 15.8. The van der Waals surface area contributed by atoms with Crippen LogP contribution >= 0.6 is 0 Å². The van der Waals surface area contributed by atoms with E-state index in [1.807, 2.05) is 39.0 Å². The zero-order valence-corrected chi connectivity index (χ0v) is 26.6. The number of Topliss-reactive ketones (excluding diaryl/α,β-unsaturated/α-hetero) is 1. The Bertz CT molecular complexity index is 1560. The number of nitrogens with one attached hydrogen (secondary N) is 1. The van der Waals surface area contributed by atoms with Crippen molar-refractivity contribution in [3.05, 3.63) is 59.7 Å². The number of carbonyl (C=O) groups is 2. The number of likely N-dealkylation sites (tertiary alicyclic amines) is 1. The van der Waals surface area contributed by atoms with Gasteiger partial charge in [0.15, 0.2) is 5.78 Å². The molecule has 2 aliphatic heterocycles. The van der Waals surface area contributed by atoms with Gasteiger partial charge in [-0.2, -0.15) is 13.2 Å². The number of piperidine rings is 2. The lowest BCUT2D eigenvalue weighted by Gasteiger charge is -2.37. The predicted molar refractivity (Wildman–Crippen MR) is 165 cm³/mol. The summed E-state index contributed by atoms with van der Waals surface area (Å²) in [6.45, 7) is 6.86. The summed E-state index contributed by atoms with van der Waals surface area (Å²) in [6, 6.07) is 8.37. The number of nitrogens with zero attached hydrogens (tertiary/aromatic N) is 5.